The van der Waals surface area contributed by atoms with Gasteiger partial charge in [-0.25, -0.2) is 0 Å². The van der Waals surface area contributed by atoms with Crippen molar-refractivity contribution < 1.29 is 9.53 Å². The van der Waals surface area contributed by atoms with Crippen molar-refractivity contribution in [3.8, 4) is 0 Å². The standard InChI is InChI=1S/C13H24O2/c1-10-5-7-11(8-6-10)15-9-12(14)13(2,3)4/h10-11H,5-9H2,1-4H3. The van der Waals surface area contributed by atoms with Crippen molar-refractivity contribution in [3.63, 3.8) is 0 Å². The van der Waals surface area contributed by atoms with Gasteiger partial charge in [-0.3, -0.25) is 4.79 Å². The zero-order valence-electron chi connectivity index (χ0n) is 10.5. The Hall–Kier alpha value is -0.370. The summed E-state index contributed by atoms with van der Waals surface area (Å²) in [5.41, 5.74) is -0.262. The van der Waals surface area contributed by atoms with E-state index in [0.717, 1.165) is 18.8 Å². The maximum absolute atomic E-state index is 11.6. The predicted octanol–water partition coefficient (Wildman–Crippen LogP) is 3.20. The fourth-order valence-electron chi connectivity index (χ4n) is 1.81. The number of carbonyl (C=O) groups is 1. The molecule has 2 heteroatoms. The van der Waals surface area contributed by atoms with Crippen molar-refractivity contribution in [1.29, 1.82) is 0 Å². The van der Waals surface area contributed by atoms with Gasteiger partial charge in [0.2, 0.25) is 0 Å². The number of Topliss-reactive ketones (excluding diaryl/α,β-unsaturated/α-hetero) is 1. The summed E-state index contributed by atoms with van der Waals surface area (Å²) in [4.78, 5) is 11.6. The quantitative estimate of drug-likeness (QED) is 0.718. The first-order valence-electron chi connectivity index (χ1n) is 6.04. The van der Waals surface area contributed by atoms with E-state index >= 15 is 0 Å². The van der Waals surface area contributed by atoms with Crippen molar-refractivity contribution in [1.82, 2.24) is 0 Å². The highest BCUT2D eigenvalue weighted by Gasteiger charge is 2.24. The lowest BCUT2D eigenvalue weighted by Gasteiger charge is -2.27. The van der Waals surface area contributed by atoms with Gasteiger partial charge in [0, 0.05) is 5.41 Å². The molecule has 0 aromatic heterocycles. The lowest BCUT2D eigenvalue weighted by atomic mass is 9.88. The highest BCUT2D eigenvalue weighted by atomic mass is 16.5. The van der Waals surface area contributed by atoms with E-state index in [1.165, 1.54) is 12.8 Å². The Morgan fingerprint density at radius 2 is 1.73 bits per heavy atom. The van der Waals surface area contributed by atoms with Crippen LogP contribution in [-0.4, -0.2) is 18.5 Å². The molecule has 0 aliphatic heterocycles. The van der Waals surface area contributed by atoms with Gasteiger partial charge in [-0.05, 0) is 31.6 Å². The third-order valence-corrected chi connectivity index (χ3v) is 3.25. The van der Waals surface area contributed by atoms with Crippen molar-refractivity contribution in [3.05, 3.63) is 0 Å². The number of carbonyl (C=O) groups excluding carboxylic acids is 1. The summed E-state index contributed by atoms with van der Waals surface area (Å²) in [6.45, 7) is 8.42. The summed E-state index contributed by atoms with van der Waals surface area (Å²) in [5.74, 6) is 1.05. The van der Waals surface area contributed by atoms with E-state index in [-0.39, 0.29) is 11.2 Å². The van der Waals surface area contributed by atoms with Crippen LogP contribution in [0.3, 0.4) is 0 Å². The van der Waals surface area contributed by atoms with Gasteiger partial charge in [0.1, 0.15) is 6.61 Å². The second-order valence-electron chi connectivity index (χ2n) is 5.87. The molecule has 1 aliphatic rings. The van der Waals surface area contributed by atoms with E-state index in [1.807, 2.05) is 20.8 Å². The molecule has 0 unspecified atom stereocenters. The Balaban J connectivity index is 2.23. The lowest BCUT2D eigenvalue weighted by Crippen LogP contribution is -2.29. The Morgan fingerprint density at radius 3 is 2.20 bits per heavy atom. The van der Waals surface area contributed by atoms with Gasteiger partial charge in [0.15, 0.2) is 5.78 Å². The monoisotopic (exact) mass is 212 g/mol. The first kappa shape index (κ1) is 12.7. The second-order valence-corrected chi connectivity index (χ2v) is 5.87. The average molecular weight is 212 g/mol. The molecule has 0 aromatic carbocycles. The molecule has 0 atom stereocenters. The summed E-state index contributed by atoms with van der Waals surface area (Å²) < 4.78 is 5.67. The highest BCUT2D eigenvalue weighted by Crippen LogP contribution is 2.26. The Bertz CT molecular complexity index is 207. The maximum Gasteiger partial charge on any atom is 0.163 e. The molecule has 88 valence electrons. The average Bonchev–Trinajstić information content (AvgIpc) is 2.15. The molecule has 0 saturated heterocycles. The van der Waals surface area contributed by atoms with Crippen molar-refractivity contribution in [2.75, 3.05) is 6.61 Å². The van der Waals surface area contributed by atoms with E-state index in [9.17, 15) is 4.79 Å². The van der Waals surface area contributed by atoms with E-state index in [2.05, 4.69) is 6.92 Å². The molecule has 1 rings (SSSR count). The molecule has 0 bridgehead atoms. The van der Waals surface area contributed by atoms with Crippen LogP contribution in [0, 0.1) is 11.3 Å². The number of hydrogen-bond acceptors (Lipinski definition) is 2. The fraction of sp³-hybridized carbons (Fsp3) is 0.923. The summed E-state index contributed by atoms with van der Waals surface area (Å²) in [6.07, 6.45) is 5.06. The van der Waals surface area contributed by atoms with Gasteiger partial charge in [0.25, 0.3) is 0 Å². The summed E-state index contributed by atoms with van der Waals surface area (Å²) >= 11 is 0. The topological polar surface area (TPSA) is 26.3 Å². The van der Waals surface area contributed by atoms with Crippen LogP contribution in [0.1, 0.15) is 53.4 Å². The van der Waals surface area contributed by atoms with Crippen molar-refractivity contribution in [2.45, 2.75) is 59.5 Å². The van der Waals surface area contributed by atoms with Crippen LogP contribution in [0.15, 0.2) is 0 Å². The van der Waals surface area contributed by atoms with Gasteiger partial charge < -0.3 is 4.74 Å². The minimum atomic E-state index is -0.262. The molecule has 1 aliphatic carbocycles. The zero-order valence-corrected chi connectivity index (χ0v) is 10.5. The smallest absolute Gasteiger partial charge is 0.163 e. The van der Waals surface area contributed by atoms with Crippen LogP contribution in [0.2, 0.25) is 0 Å². The minimum Gasteiger partial charge on any atom is -0.370 e. The molecule has 2 nitrogen and oxygen atoms in total. The molecule has 0 N–H and O–H groups in total. The Kier molecular flexibility index (Phi) is 4.32. The van der Waals surface area contributed by atoms with Gasteiger partial charge in [-0.15, -0.1) is 0 Å². The highest BCUT2D eigenvalue weighted by molar-refractivity contribution is 5.84. The Morgan fingerprint density at radius 1 is 1.20 bits per heavy atom. The van der Waals surface area contributed by atoms with E-state index in [4.69, 9.17) is 4.74 Å². The molecule has 0 aromatic rings. The number of hydrogen-bond donors (Lipinski definition) is 0. The van der Waals surface area contributed by atoms with Crippen LogP contribution in [0.4, 0.5) is 0 Å². The van der Waals surface area contributed by atoms with E-state index < -0.39 is 0 Å². The maximum atomic E-state index is 11.6. The number of rotatable bonds is 3. The van der Waals surface area contributed by atoms with E-state index in [1.54, 1.807) is 0 Å². The molecule has 0 heterocycles. The second kappa shape index (κ2) is 5.11. The van der Waals surface area contributed by atoms with Crippen LogP contribution in [0.5, 0.6) is 0 Å². The molecule has 0 spiro atoms. The molecule has 15 heavy (non-hydrogen) atoms. The summed E-state index contributed by atoms with van der Waals surface area (Å²) in [7, 11) is 0. The first-order chi connectivity index (χ1) is 6.89. The SMILES string of the molecule is CC1CCC(OCC(=O)C(C)(C)C)CC1. The molecule has 1 saturated carbocycles. The molecular formula is C13H24O2. The predicted molar refractivity (Wildman–Crippen MR) is 61.8 cm³/mol. The van der Waals surface area contributed by atoms with Gasteiger partial charge in [-0.2, -0.15) is 0 Å². The number of ether oxygens (including phenoxy) is 1. The Labute approximate surface area is 93.4 Å². The minimum absolute atomic E-state index is 0.209. The van der Waals surface area contributed by atoms with Crippen molar-refractivity contribution in [2.24, 2.45) is 11.3 Å². The normalized spacial score (nSPS) is 27.7. The molecule has 0 amide bonds. The zero-order chi connectivity index (χ0) is 11.5. The summed E-state index contributed by atoms with van der Waals surface area (Å²) in [6, 6.07) is 0. The molecule has 0 radical (unpaired) electrons. The third-order valence-electron chi connectivity index (χ3n) is 3.25. The van der Waals surface area contributed by atoms with Gasteiger partial charge in [0.05, 0.1) is 6.10 Å². The largest absolute Gasteiger partial charge is 0.370 e. The van der Waals surface area contributed by atoms with Crippen LogP contribution in [0.25, 0.3) is 0 Å². The van der Waals surface area contributed by atoms with Gasteiger partial charge in [-0.1, -0.05) is 27.7 Å². The molecule has 1 fully saturated rings. The van der Waals surface area contributed by atoms with Crippen LogP contribution in [-0.2, 0) is 9.53 Å². The molecular weight excluding hydrogens is 188 g/mol. The van der Waals surface area contributed by atoms with Crippen molar-refractivity contribution >= 4 is 5.78 Å². The summed E-state index contributed by atoms with van der Waals surface area (Å²) in [5, 5.41) is 0. The first-order valence-corrected chi connectivity index (χ1v) is 6.04. The van der Waals surface area contributed by atoms with Gasteiger partial charge >= 0.3 is 0 Å². The number of ketones is 1. The van der Waals surface area contributed by atoms with Crippen LogP contribution < -0.4 is 0 Å². The lowest BCUT2D eigenvalue weighted by molar-refractivity contribution is -0.133. The van der Waals surface area contributed by atoms with Crippen LogP contribution >= 0.6 is 0 Å². The third kappa shape index (κ3) is 4.33. The fourth-order valence-corrected chi connectivity index (χ4v) is 1.81. The van der Waals surface area contributed by atoms with E-state index in [0.29, 0.717) is 12.7 Å².